The Labute approximate surface area is 369 Å². The van der Waals surface area contributed by atoms with Crippen molar-refractivity contribution in [3.05, 3.63) is 247 Å². The van der Waals surface area contributed by atoms with E-state index in [4.69, 9.17) is 8.83 Å². The summed E-state index contributed by atoms with van der Waals surface area (Å²) < 4.78 is 13.1. The second-order valence-electron chi connectivity index (χ2n) is 17.1. The minimum absolute atomic E-state index is 0.648. The number of nitrogens with zero attached hydrogens (tertiary/aromatic N) is 1. The van der Waals surface area contributed by atoms with Gasteiger partial charge in [-0.05, 0) is 121 Å². The monoisotopic (exact) mass is 815 g/mol. The maximum Gasteiger partial charge on any atom is 0.137 e. The van der Waals surface area contributed by atoms with Crippen LogP contribution in [0.2, 0.25) is 0 Å². The number of rotatable bonds is 4. The summed E-state index contributed by atoms with van der Waals surface area (Å²) in [5.41, 5.74) is 20.8. The standard InChI is InChI=1S/C61H37NO2/c1-2-15-38(16-3-1)39-29-31-40(32-30-39)62(53-25-14-28-56-59(53)46-21-8-12-26-54(46)63-56)41-33-34-51-48(37-41)43-18-5-4-17-42(43)44-19-6-10-23-49(44)61(51)50-24-11-7-20-45(50)58-52(61)35-36-57-60(58)47-22-9-13-27-55(47)64-57/h1-37H. The number of furan rings is 2. The Morgan fingerprint density at radius 1 is 0.312 bits per heavy atom. The van der Waals surface area contributed by atoms with Crippen LogP contribution >= 0.6 is 0 Å². The molecule has 0 aliphatic heterocycles. The highest BCUT2D eigenvalue weighted by atomic mass is 16.3. The molecule has 0 bridgehead atoms. The molecule has 0 radical (unpaired) electrons. The SMILES string of the molecule is c1ccc(-c2ccc(N(c3ccc4c(c3)-c3ccccc3-c3ccccc3C43c4ccccc4-c4c3ccc3oc5ccccc5c43)c3cccc4oc5ccccc5c34)cc2)cc1. The van der Waals surface area contributed by atoms with Gasteiger partial charge in [-0.25, -0.2) is 0 Å². The first-order chi connectivity index (χ1) is 31.8. The highest BCUT2D eigenvalue weighted by Gasteiger charge is 2.50. The van der Waals surface area contributed by atoms with Gasteiger partial charge in [-0.15, -0.1) is 0 Å². The minimum Gasteiger partial charge on any atom is -0.456 e. The summed E-state index contributed by atoms with van der Waals surface area (Å²) in [6, 6.07) is 81.8. The van der Waals surface area contributed by atoms with Crippen LogP contribution in [0, 0.1) is 0 Å². The van der Waals surface area contributed by atoms with E-state index >= 15 is 0 Å². The molecule has 12 aromatic rings. The van der Waals surface area contributed by atoms with E-state index in [0.717, 1.165) is 55.6 Å². The van der Waals surface area contributed by atoms with E-state index in [9.17, 15) is 0 Å². The van der Waals surface area contributed by atoms with Crippen LogP contribution in [-0.4, -0.2) is 0 Å². The average molecular weight is 816 g/mol. The Kier molecular flexibility index (Phi) is 7.32. The van der Waals surface area contributed by atoms with E-state index in [1.807, 2.05) is 6.07 Å². The molecule has 2 aliphatic rings. The molecular formula is C61H37NO2. The smallest absolute Gasteiger partial charge is 0.137 e. The van der Waals surface area contributed by atoms with Crippen molar-refractivity contribution in [2.24, 2.45) is 0 Å². The Morgan fingerprint density at radius 3 is 1.58 bits per heavy atom. The van der Waals surface area contributed by atoms with E-state index < -0.39 is 5.41 Å². The Balaban J connectivity index is 1.09. The van der Waals surface area contributed by atoms with Gasteiger partial charge in [0.15, 0.2) is 0 Å². The van der Waals surface area contributed by atoms with Crippen molar-refractivity contribution in [1.29, 1.82) is 0 Å². The van der Waals surface area contributed by atoms with Crippen LogP contribution in [0.15, 0.2) is 233 Å². The van der Waals surface area contributed by atoms with Crippen molar-refractivity contribution in [3.63, 3.8) is 0 Å². The molecule has 298 valence electrons. The summed E-state index contributed by atoms with van der Waals surface area (Å²) in [5.74, 6) is 0. The van der Waals surface area contributed by atoms with Gasteiger partial charge in [-0.3, -0.25) is 0 Å². The number of anilines is 3. The molecule has 0 fully saturated rings. The largest absolute Gasteiger partial charge is 0.456 e. The highest BCUT2D eigenvalue weighted by molar-refractivity contribution is 6.17. The average Bonchev–Trinajstić information content (AvgIpc) is 4.01. The number of hydrogen-bond acceptors (Lipinski definition) is 3. The zero-order valence-electron chi connectivity index (χ0n) is 34.6. The lowest BCUT2D eigenvalue weighted by Gasteiger charge is -2.36. The number of para-hydroxylation sites is 2. The summed E-state index contributed by atoms with van der Waals surface area (Å²) in [4.78, 5) is 2.42. The first-order valence-electron chi connectivity index (χ1n) is 22.0. The Hall–Kier alpha value is -8.40. The van der Waals surface area contributed by atoms with Gasteiger partial charge in [0.1, 0.15) is 22.3 Å². The summed E-state index contributed by atoms with van der Waals surface area (Å²) in [6.45, 7) is 0. The van der Waals surface area contributed by atoms with Crippen LogP contribution in [0.1, 0.15) is 22.3 Å². The minimum atomic E-state index is -0.648. The van der Waals surface area contributed by atoms with Gasteiger partial charge < -0.3 is 13.7 Å². The highest BCUT2D eigenvalue weighted by Crippen LogP contribution is 2.63. The van der Waals surface area contributed by atoms with Crippen molar-refractivity contribution in [2.45, 2.75) is 5.41 Å². The molecule has 0 amide bonds. The third-order valence-electron chi connectivity index (χ3n) is 13.9. The summed E-state index contributed by atoms with van der Waals surface area (Å²) in [5, 5.41) is 4.47. The van der Waals surface area contributed by atoms with E-state index in [2.05, 4.69) is 223 Å². The summed E-state index contributed by atoms with van der Waals surface area (Å²) in [6.07, 6.45) is 0. The first-order valence-corrected chi connectivity index (χ1v) is 22.0. The van der Waals surface area contributed by atoms with Crippen LogP contribution in [0.5, 0.6) is 0 Å². The molecular weight excluding hydrogens is 779 g/mol. The third kappa shape index (κ3) is 4.76. The first kappa shape index (κ1) is 35.2. The number of hydrogen-bond donors (Lipinski definition) is 0. The second kappa shape index (κ2) is 13.3. The molecule has 1 atom stereocenters. The molecule has 64 heavy (non-hydrogen) atoms. The van der Waals surface area contributed by atoms with Crippen LogP contribution < -0.4 is 4.90 Å². The van der Waals surface area contributed by atoms with Crippen molar-refractivity contribution in [2.75, 3.05) is 4.90 Å². The lowest BCUT2D eigenvalue weighted by Crippen LogP contribution is -2.29. The fourth-order valence-electron chi connectivity index (χ4n) is 11.3. The molecule has 0 saturated carbocycles. The van der Waals surface area contributed by atoms with Crippen molar-refractivity contribution in [1.82, 2.24) is 0 Å². The van der Waals surface area contributed by atoms with E-state index in [1.165, 1.54) is 72.1 Å². The van der Waals surface area contributed by atoms with E-state index in [0.29, 0.717) is 0 Å². The molecule has 3 heteroatoms. The quantitative estimate of drug-likeness (QED) is 0.177. The van der Waals surface area contributed by atoms with Crippen LogP contribution in [-0.2, 0) is 5.41 Å². The van der Waals surface area contributed by atoms with Gasteiger partial charge in [0.2, 0.25) is 0 Å². The topological polar surface area (TPSA) is 29.5 Å². The molecule has 3 nitrogen and oxygen atoms in total. The molecule has 1 spiro atoms. The maximum absolute atomic E-state index is 6.58. The molecule has 10 aromatic carbocycles. The molecule has 0 saturated heterocycles. The number of fused-ring (bicyclic) bond motifs is 19. The lowest BCUT2D eigenvalue weighted by molar-refractivity contribution is 0.668. The molecule has 2 aromatic heterocycles. The van der Waals surface area contributed by atoms with Crippen molar-refractivity contribution < 1.29 is 8.83 Å². The van der Waals surface area contributed by atoms with Gasteiger partial charge in [0.05, 0.1) is 16.5 Å². The molecule has 14 rings (SSSR count). The molecule has 1 unspecified atom stereocenters. The van der Waals surface area contributed by atoms with Gasteiger partial charge in [-0.1, -0.05) is 170 Å². The molecule has 2 aliphatic carbocycles. The van der Waals surface area contributed by atoms with Crippen LogP contribution in [0.4, 0.5) is 17.1 Å². The lowest BCUT2D eigenvalue weighted by atomic mass is 9.66. The normalized spacial score (nSPS) is 14.6. The van der Waals surface area contributed by atoms with Crippen LogP contribution in [0.3, 0.4) is 0 Å². The van der Waals surface area contributed by atoms with Gasteiger partial charge in [-0.2, -0.15) is 0 Å². The Morgan fingerprint density at radius 2 is 0.828 bits per heavy atom. The van der Waals surface area contributed by atoms with Crippen LogP contribution in [0.25, 0.3) is 88.4 Å². The molecule has 0 N–H and O–H groups in total. The fraction of sp³-hybridized carbons (Fsp3) is 0.0164. The third-order valence-corrected chi connectivity index (χ3v) is 13.9. The van der Waals surface area contributed by atoms with E-state index in [1.54, 1.807) is 0 Å². The fourth-order valence-corrected chi connectivity index (χ4v) is 11.3. The second-order valence-corrected chi connectivity index (χ2v) is 17.1. The Bertz CT molecular complexity index is 3860. The predicted molar refractivity (Wildman–Crippen MR) is 263 cm³/mol. The van der Waals surface area contributed by atoms with Gasteiger partial charge >= 0.3 is 0 Å². The van der Waals surface area contributed by atoms with Crippen molar-refractivity contribution >= 4 is 60.9 Å². The zero-order chi connectivity index (χ0) is 41.9. The van der Waals surface area contributed by atoms with Crippen molar-refractivity contribution in [3.8, 4) is 44.5 Å². The van der Waals surface area contributed by atoms with Gasteiger partial charge in [0.25, 0.3) is 0 Å². The maximum atomic E-state index is 6.58. The van der Waals surface area contributed by atoms with Gasteiger partial charge in [0, 0.05) is 27.5 Å². The summed E-state index contributed by atoms with van der Waals surface area (Å²) in [7, 11) is 0. The summed E-state index contributed by atoms with van der Waals surface area (Å²) >= 11 is 0. The molecule has 2 heterocycles. The van der Waals surface area contributed by atoms with E-state index in [-0.39, 0.29) is 0 Å². The zero-order valence-corrected chi connectivity index (χ0v) is 34.6. The predicted octanol–water partition coefficient (Wildman–Crippen LogP) is 16.6. The number of benzene rings is 10.